The highest BCUT2D eigenvalue weighted by molar-refractivity contribution is 6.20. The maximum absolute atomic E-state index is 6.50. The third-order valence-electron chi connectivity index (χ3n) is 3.70. The van der Waals surface area contributed by atoms with Crippen molar-refractivity contribution in [2.75, 3.05) is 0 Å². The van der Waals surface area contributed by atoms with Crippen LogP contribution in [-0.2, 0) is 6.42 Å². The van der Waals surface area contributed by atoms with E-state index in [1.54, 1.807) is 0 Å². The lowest BCUT2D eigenvalue weighted by Gasteiger charge is -2.29. The van der Waals surface area contributed by atoms with Crippen molar-refractivity contribution in [1.82, 2.24) is 4.98 Å². The van der Waals surface area contributed by atoms with Gasteiger partial charge in [0.15, 0.2) is 0 Å². The zero-order chi connectivity index (χ0) is 11.4. The van der Waals surface area contributed by atoms with Crippen molar-refractivity contribution in [2.24, 2.45) is 11.8 Å². The molecule has 0 bridgehead atoms. The molecule has 0 N–H and O–H groups in total. The fourth-order valence-electron chi connectivity index (χ4n) is 2.53. The zero-order valence-electron chi connectivity index (χ0n) is 9.90. The highest BCUT2D eigenvalue weighted by Crippen LogP contribution is 2.33. The Morgan fingerprint density at radius 1 is 1.31 bits per heavy atom. The molecule has 0 radical (unpaired) electrons. The third-order valence-corrected chi connectivity index (χ3v) is 4.21. The van der Waals surface area contributed by atoms with Crippen LogP contribution in [0, 0.1) is 11.8 Å². The van der Waals surface area contributed by atoms with Crippen molar-refractivity contribution in [2.45, 2.75) is 44.4 Å². The fraction of sp³-hybridized carbons (Fsp3) is 0.643. The monoisotopic (exact) mass is 237 g/mol. The molecule has 0 spiro atoms. The van der Waals surface area contributed by atoms with E-state index < -0.39 is 0 Å². The number of aromatic nitrogens is 1. The first-order chi connectivity index (χ1) is 7.75. The van der Waals surface area contributed by atoms with Gasteiger partial charge >= 0.3 is 0 Å². The number of rotatable bonds is 3. The molecule has 1 fully saturated rings. The maximum Gasteiger partial charge on any atom is 0.0419 e. The summed E-state index contributed by atoms with van der Waals surface area (Å²) in [7, 11) is 0. The Kier molecular flexibility index (Phi) is 4.22. The van der Waals surface area contributed by atoms with Gasteiger partial charge in [0.2, 0.25) is 0 Å². The van der Waals surface area contributed by atoms with Crippen LogP contribution in [0.1, 0.15) is 38.3 Å². The van der Waals surface area contributed by atoms with Gasteiger partial charge in [-0.1, -0.05) is 25.8 Å². The number of pyridine rings is 1. The minimum Gasteiger partial charge on any atom is -0.261 e. The molecule has 1 saturated carbocycles. The van der Waals surface area contributed by atoms with Crippen LogP contribution in [0.4, 0.5) is 0 Å². The molecule has 1 unspecified atom stereocenters. The van der Waals surface area contributed by atoms with E-state index in [0.29, 0.717) is 5.92 Å². The van der Waals surface area contributed by atoms with Gasteiger partial charge in [0.05, 0.1) is 0 Å². The second-order valence-electron chi connectivity index (χ2n) is 5.06. The van der Waals surface area contributed by atoms with E-state index in [1.165, 1.54) is 25.7 Å². The smallest absolute Gasteiger partial charge is 0.0419 e. The number of halogens is 1. The summed E-state index contributed by atoms with van der Waals surface area (Å²) in [5.41, 5.74) is 1.13. The van der Waals surface area contributed by atoms with Crippen molar-refractivity contribution in [1.29, 1.82) is 0 Å². The second kappa shape index (κ2) is 5.67. The number of hydrogen-bond donors (Lipinski definition) is 0. The standard InChI is InChI=1S/C14H20ClN/c1-11-5-7-12(8-6-11)14(15)10-13-4-2-3-9-16-13/h2-4,9,11-12,14H,5-8,10H2,1H3. The minimum absolute atomic E-state index is 0.266. The second-order valence-corrected chi connectivity index (χ2v) is 5.62. The normalized spacial score (nSPS) is 27.6. The molecule has 1 atom stereocenters. The lowest BCUT2D eigenvalue weighted by molar-refractivity contribution is 0.281. The molecular weight excluding hydrogens is 218 g/mol. The number of alkyl halides is 1. The first-order valence-electron chi connectivity index (χ1n) is 6.29. The highest BCUT2D eigenvalue weighted by atomic mass is 35.5. The summed E-state index contributed by atoms with van der Waals surface area (Å²) in [5.74, 6) is 1.59. The van der Waals surface area contributed by atoms with E-state index in [9.17, 15) is 0 Å². The van der Waals surface area contributed by atoms with Gasteiger partial charge in [0, 0.05) is 23.7 Å². The Bertz CT molecular complexity index is 304. The Balaban J connectivity index is 1.86. The summed E-state index contributed by atoms with van der Waals surface area (Å²) in [4.78, 5) is 4.34. The van der Waals surface area contributed by atoms with Gasteiger partial charge < -0.3 is 0 Å². The van der Waals surface area contributed by atoms with E-state index in [1.807, 2.05) is 18.3 Å². The van der Waals surface area contributed by atoms with E-state index in [4.69, 9.17) is 11.6 Å². The summed E-state index contributed by atoms with van der Waals surface area (Å²) in [5, 5.41) is 0.266. The van der Waals surface area contributed by atoms with E-state index in [2.05, 4.69) is 18.0 Å². The highest BCUT2D eigenvalue weighted by Gasteiger charge is 2.24. The molecule has 0 aliphatic heterocycles. The molecule has 1 aromatic rings. The van der Waals surface area contributed by atoms with Crippen LogP contribution < -0.4 is 0 Å². The lowest BCUT2D eigenvalue weighted by Crippen LogP contribution is -2.23. The van der Waals surface area contributed by atoms with Crippen LogP contribution in [-0.4, -0.2) is 10.4 Å². The summed E-state index contributed by atoms with van der Waals surface area (Å²) in [6.45, 7) is 2.35. The van der Waals surface area contributed by atoms with Crippen LogP contribution in [0.15, 0.2) is 24.4 Å². The largest absolute Gasteiger partial charge is 0.261 e. The maximum atomic E-state index is 6.50. The average Bonchev–Trinajstić information content (AvgIpc) is 2.31. The Labute approximate surface area is 103 Å². The van der Waals surface area contributed by atoms with Gasteiger partial charge in [0.1, 0.15) is 0 Å². The van der Waals surface area contributed by atoms with Gasteiger partial charge in [-0.3, -0.25) is 4.98 Å². The quantitative estimate of drug-likeness (QED) is 0.723. The summed E-state index contributed by atoms with van der Waals surface area (Å²) >= 11 is 6.50. The Morgan fingerprint density at radius 3 is 2.69 bits per heavy atom. The topological polar surface area (TPSA) is 12.9 Å². The molecule has 16 heavy (non-hydrogen) atoms. The molecule has 2 heteroatoms. The first kappa shape index (κ1) is 11.9. The molecule has 1 nitrogen and oxygen atoms in total. The van der Waals surface area contributed by atoms with Gasteiger partial charge in [0.25, 0.3) is 0 Å². The average molecular weight is 238 g/mol. The SMILES string of the molecule is CC1CCC(C(Cl)Cc2ccccn2)CC1. The molecule has 1 aromatic heterocycles. The summed E-state index contributed by atoms with van der Waals surface area (Å²) in [6.07, 6.45) is 8.04. The van der Waals surface area contributed by atoms with E-state index in [0.717, 1.165) is 18.0 Å². The molecular formula is C14H20ClN. The van der Waals surface area contributed by atoms with Gasteiger partial charge in [-0.2, -0.15) is 0 Å². The number of nitrogens with zero attached hydrogens (tertiary/aromatic N) is 1. The van der Waals surface area contributed by atoms with E-state index in [-0.39, 0.29) is 5.38 Å². The first-order valence-corrected chi connectivity index (χ1v) is 6.73. The molecule has 88 valence electrons. The fourth-order valence-corrected chi connectivity index (χ4v) is 2.94. The lowest BCUT2D eigenvalue weighted by atomic mass is 9.80. The molecule has 0 aromatic carbocycles. The molecule has 0 amide bonds. The van der Waals surface area contributed by atoms with Crippen molar-refractivity contribution >= 4 is 11.6 Å². The van der Waals surface area contributed by atoms with Crippen molar-refractivity contribution in [3.8, 4) is 0 Å². The van der Waals surface area contributed by atoms with Crippen molar-refractivity contribution in [3.05, 3.63) is 30.1 Å². The number of hydrogen-bond acceptors (Lipinski definition) is 1. The Hall–Kier alpha value is -0.560. The predicted octanol–water partition coefficient (Wildman–Crippen LogP) is 4.06. The molecule has 1 aliphatic rings. The van der Waals surface area contributed by atoms with Crippen LogP contribution in [0.25, 0.3) is 0 Å². The van der Waals surface area contributed by atoms with E-state index >= 15 is 0 Å². The van der Waals surface area contributed by atoms with Crippen LogP contribution >= 0.6 is 11.6 Å². The molecule has 1 heterocycles. The third kappa shape index (κ3) is 3.21. The molecule has 1 aliphatic carbocycles. The van der Waals surface area contributed by atoms with Crippen LogP contribution in [0.3, 0.4) is 0 Å². The summed E-state index contributed by atoms with van der Waals surface area (Å²) < 4.78 is 0. The van der Waals surface area contributed by atoms with Crippen molar-refractivity contribution < 1.29 is 0 Å². The van der Waals surface area contributed by atoms with Gasteiger partial charge in [-0.15, -0.1) is 11.6 Å². The predicted molar refractivity (Wildman–Crippen MR) is 68.7 cm³/mol. The zero-order valence-corrected chi connectivity index (χ0v) is 10.7. The van der Waals surface area contributed by atoms with Crippen molar-refractivity contribution in [3.63, 3.8) is 0 Å². The Morgan fingerprint density at radius 2 is 2.06 bits per heavy atom. The van der Waals surface area contributed by atoms with Crippen LogP contribution in [0.5, 0.6) is 0 Å². The van der Waals surface area contributed by atoms with Crippen LogP contribution in [0.2, 0.25) is 0 Å². The summed E-state index contributed by atoms with van der Waals surface area (Å²) in [6, 6.07) is 6.06. The van der Waals surface area contributed by atoms with Gasteiger partial charge in [-0.25, -0.2) is 0 Å². The van der Waals surface area contributed by atoms with Gasteiger partial charge in [-0.05, 0) is 36.8 Å². The molecule has 2 rings (SSSR count). The minimum atomic E-state index is 0.266. The molecule has 0 saturated heterocycles.